The SMILES string of the molecule is C[C@@H]1CCCN(Cc2ccccc2CNC(=O)[C@H]2CNCCO2)C1. The summed E-state index contributed by atoms with van der Waals surface area (Å²) in [6.45, 7) is 8.23. The number of carbonyl (C=O) groups excluding carboxylic acids is 1. The molecule has 0 bridgehead atoms. The van der Waals surface area contributed by atoms with Crippen LogP contribution in [0, 0.1) is 5.92 Å². The maximum absolute atomic E-state index is 12.2. The summed E-state index contributed by atoms with van der Waals surface area (Å²) in [5.74, 6) is 0.755. The fourth-order valence-corrected chi connectivity index (χ4v) is 3.59. The molecule has 0 aromatic heterocycles. The zero-order valence-corrected chi connectivity index (χ0v) is 14.6. The van der Waals surface area contributed by atoms with Gasteiger partial charge >= 0.3 is 0 Å². The van der Waals surface area contributed by atoms with Crippen LogP contribution in [0.25, 0.3) is 0 Å². The van der Waals surface area contributed by atoms with E-state index < -0.39 is 0 Å². The second-order valence-electron chi connectivity index (χ2n) is 7.03. The second-order valence-corrected chi connectivity index (χ2v) is 7.03. The molecule has 0 radical (unpaired) electrons. The summed E-state index contributed by atoms with van der Waals surface area (Å²) >= 11 is 0. The van der Waals surface area contributed by atoms with E-state index in [0.717, 1.165) is 19.0 Å². The van der Waals surface area contributed by atoms with Crippen molar-refractivity contribution in [2.45, 2.75) is 39.0 Å². The first-order valence-corrected chi connectivity index (χ1v) is 9.11. The largest absolute Gasteiger partial charge is 0.366 e. The molecule has 2 heterocycles. The average molecular weight is 331 g/mol. The number of piperidine rings is 1. The zero-order valence-electron chi connectivity index (χ0n) is 14.6. The van der Waals surface area contributed by atoms with E-state index in [1.807, 2.05) is 6.07 Å². The number of hydrogen-bond donors (Lipinski definition) is 2. The number of hydrogen-bond acceptors (Lipinski definition) is 4. The van der Waals surface area contributed by atoms with E-state index in [0.29, 0.717) is 19.7 Å². The molecule has 0 spiro atoms. The van der Waals surface area contributed by atoms with Crippen molar-refractivity contribution >= 4 is 5.91 Å². The molecule has 2 aliphatic heterocycles. The van der Waals surface area contributed by atoms with Crippen molar-refractivity contribution in [2.24, 2.45) is 5.92 Å². The Bertz CT molecular complexity index is 543. The first-order chi connectivity index (χ1) is 11.7. The minimum Gasteiger partial charge on any atom is -0.366 e. The van der Waals surface area contributed by atoms with E-state index in [2.05, 4.69) is 40.7 Å². The summed E-state index contributed by atoms with van der Waals surface area (Å²) in [5, 5.41) is 6.22. The Labute approximate surface area is 144 Å². The van der Waals surface area contributed by atoms with Crippen molar-refractivity contribution in [1.29, 1.82) is 0 Å². The molecule has 5 heteroatoms. The lowest BCUT2D eigenvalue weighted by Gasteiger charge is -2.31. The molecule has 5 nitrogen and oxygen atoms in total. The van der Waals surface area contributed by atoms with Crippen molar-refractivity contribution in [1.82, 2.24) is 15.5 Å². The van der Waals surface area contributed by atoms with Gasteiger partial charge in [0, 0.05) is 32.7 Å². The normalized spacial score (nSPS) is 25.4. The number of nitrogens with zero attached hydrogens (tertiary/aromatic N) is 1. The third kappa shape index (κ3) is 4.79. The van der Waals surface area contributed by atoms with Gasteiger partial charge < -0.3 is 15.4 Å². The summed E-state index contributed by atoms with van der Waals surface area (Å²) in [5.41, 5.74) is 2.52. The van der Waals surface area contributed by atoms with Gasteiger partial charge in [0.1, 0.15) is 6.10 Å². The summed E-state index contributed by atoms with van der Waals surface area (Å²) in [7, 11) is 0. The third-order valence-corrected chi connectivity index (χ3v) is 4.93. The van der Waals surface area contributed by atoms with Crippen molar-refractivity contribution in [3.8, 4) is 0 Å². The summed E-state index contributed by atoms with van der Waals surface area (Å²) in [6.07, 6.45) is 2.25. The van der Waals surface area contributed by atoms with Crippen LogP contribution in [0.15, 0.2) is 24.3 Å². The first-order valence-electron chi connectivity index (χ1n) is 9.11. The molecule has 24 heavy (non-hydrogen) atoms. The minimum atomic E-state index is -0.367. The topological polar surface area (TPSA) is 53.6 Å². The van der Waals surface area contributed by atoms with Crippen LogP contribution in [-0.4, -0.2) is 49.7 Å². The van der Waals surface area contributed by atoms with E-state index >= 15 is 0 Å². The molecule has 0 saturated carbocycles. The molecule has 3 rings (SSSR count). The summed E-state index contributed by atoms with van der Waals surface area (Å²) < 4.78 is 5.51. The van der Waals surface area contributed by atoms with Crippen LogP contribution in [-0.2, 0) is 22.6 Å². The highest BCUT2D eigenvalue weighted by Gasteiger charge is 2.22. The lowest BCUT2D eigenvalue weighted by Crippen LogP contribution is -2.47. The van der Waals surface area contributed by atoms with Crippen LogP contribution in [0.1, 0.15) is 30.9 Å². The van der Waals surface area contributed by atoms with Gasteiger partial charge in [0.2, 0.25) is 0 Å². The number of likely N-dealkylation sites (tertiary alicyclic amines) is 1. The van der Waals surface area contributed by atoms with Gasteiger partial charge in [0.25, 0.3) is 5.91 Å². The fraction of sp³-hybridized carbons (Fsp3) is 0.632. The third-order valence-electron chi connectivity index (χ3n) is 4.93. The Morgan fingerprint density at radius 2 is 2.21 bits per heavy atom. The number of amides is 1. The highest BCUT2D eigenvalue weighted by Crippen LogP contribution is 2.19. The van der Waals surface area contributed by atoms with Crippen LogP contribution in [0.4, 0.5) is 0 Å². The number of ether oxygens (including phenoxy) is 1. The predicted octanol–water partition coefficient (Wildman–Crippen LogP) is 1.52. The molecule has 0 aliphatic carbocycles. The Morgan fingerprint density at radius 1 is 1.38 bits per heavy atom. The minimum absolute atomic E-state index is 0.0244. The van der Waals surface area contributed by atoms with Crippen LogP contribution in [0.3, 0.4) is 0 Å². The first kappa shape index (κ1) is 17.4. The average Bonchev–Trinajstić information content (AvgIpc) is 2.61. The van der Waals surface area contributed by atoms with Gasteiger partial charge in [-0.05, 0) is 36.4 Å². The molecule has 1 aromatic carbocycles. The summed E-state index contributed by atoms with van der Waals surface area (Å²) in [4.78, 5) is 14.8. The lowest BCUT2D eigenvalue weighted by molar-refractivity contribution is -0.134. The molecule has 2 aliphatic rings. The van der Waals surface area contributed by atoms with Gasteiger partial charge in [0.05, 0.1) is 6.61 Å². The van der Waals surface area contributed by atoms with E-state index in [4.69, 9.17) is 4.74 Å². The number of nitrogens with one attached hydrogen (secondary N) is 2. The molecule has 132 valence electrons. The molecule has 2 fully saturated rings. The van der Waals surface area contributed by atoms with Crippen molar-refractivity contribution in [3.63, 3.8) is 0 Å². The monoisotopic (exact) mass is 331 g/mol. The molecule has 1 amide bonds. The molecule has 1 aromatic rings. The van der Waals surface area contributed by atoms with E-state index in [1.54, 1.807) is 0 Å². The van der Waals surface area contributed by atoms with Gasteiger partial charge in [-0.2, -0.15) is 0 Å². The van der Waals surface area contributed by atoms with Crippen molar-refractivity contribution < 1.29 is 9.53 Å². The van der Waals surface area contributed by atoms with Gasteiger partial charge in [-0.25, -0.2) is 0 Å². The van der Waals surface area contributed by atoms with Crippen molar-refractivity contribution in [3.05, 3.63) is 35.4 Å². The molecular weight excluding hydrogens is 302 g/mol. The quantitative estimate of drug-likeness (QED) is 0.859. The van der Waals surface area contributed by atoms with Crippen molar-refractivity contribution in [2.75, 3.05) is 32.8 Å². The highest BCUT2D eigenvalue weighted by atomic mass is 16.5. The number of morpholine rings is 1. The standard InChI is InChI=1S/C19H29N3O2/c1-15-5-4-9-22(13-15)14-17-7-3-2-6-16(17)11-21-19(23)18-12-20-8-10-24-18/h2-3,6-7,15,18,20H,4-5,8-14H2,1H3,(H,21,23)/t15-,18-/m1/s1. The van der Waals surface area contributed by atoms with Crippen LogP contribution < -0.4 is 10.6 Å². The van der Waals surface area contributed by atoms with Crippen LogP contribution >= 0.6 is 0 Å². The van der Waals surface area contributed by atoms with Gasteiger partial charge in [-0.15, -0.1) is 0 Å². The molecular formula is C19H29N3O2. The lowest BCUT2D eigenvalue weighted by atomic mass is 9.99. The van der Waals surface area contributed by atoms with E-state index in [9.17, 15) is 4.79 Å². The Balaban J connectivity index is 1.56. The maximum Gasteiger partial charge on any atom is 0.250 e. The summed E-state index contributed by atoms with van der Waals surface area (Å²) in [6, 6.07) is 8.42. The van der Waals surface area contributed by atoms with Gasteiger partial charge in [0.15, 0.2) is 0 Å². The van der Waals surface area contributed by atoms with E-state index in [-0.39, 0.29) is 12.0 Å². The van der Waals surface area contributed by atoms with Crippen LogP contribution in [0.2, 0.25) is 0 Å². The highest BCUT2D eigenvalue weighted by molar-refractivity contribution is 5.81. The smallest absolute Gasteiger partial charge is 0.250 e. The Kier molecular flexibility index (Phi) is 6.24. The van der Waals surface area contributed by atoms with Crippen LogP contribution in [0.5, 0.6) is 0 Å². The second kappa shape index (κ2) is 8.60. The number of rotatable bonds is 5. The van der Waals surface area contributed by atoms with E-state index in [1.165, 1.54) is 37.1 Å². The zero-order chi connectivity index (χ0) is 16.8. The number of carbonyl (C=O) groups is 1. The molecule has 2 N–H and O–H groups in total. The molecule has 0 unspecified atom stereocenters. The number of benzene rings is 1. The maximum atomic E-state index is 12.2. The van der Waals surface area contributed by atoms with Gasteiger partial charge in [-0.3, -0.25) is 9.69 Å². The predicted molar refractivity (Wildman–Crippen MR) is 94.6 cm³/mol. The molecule has 2 saturated heterocycles. The van der Waals surface area contributed by atoms with Gasteiger partial charge in [-0.1, -0.05) is 31.2 Å². The molecule has 2 atom stereocenters. The Morgan fingerprint density at radius 3 is 2.96 bits per heavy atom. The fourth-order valence-electron chi connectivity index (χ4n) is 3.59. The Hall–Kier alpha value is -1.43.